The van der Waals surface area contributed by atoms with E-state index in [0.29, 0.717) is 36.0 Å². The summed E-state index contributed by atoms with van der Waals surface area (Å²) in [7, 11) is 0. The highest BCUT2D eigenvalue weighted by Crippen LogP contribution is 2.29. The molecule has 0 aliphatic rings. The highest BCUT2D eigenvalue weighted by molar-refractivity contribution is 9.10. The van der Waals surface area contributed by atoms with E-state index in [1.54, 1.807) is 13.0 Å². The number of esters is 1. The predicted octanol–water partition coefficient (Wildman–Crippen LogP) is 5.51. The molecule has 0 N–H and O–H groups in total. The van der Waals surface area contributed by atoms with Crippen LogP contribution < -0.4 is 0 Å². The monoisotopic (exact) mass is 446 g/mol. The standard InChI is InChI=1S/C22H24BrFN2O2/c1-4-28-21(27)13-22(2,3)12-20-25-18-7-5-6-8-19(18)26(20)14-15-9-10-16(23)11-17(15)24/h5-11H,4,12-14H2,1-3H3. The zero-order valence-corrected chi connectivity index (χ0v) is 17.9. The lowest BCUT2D eigenvalue weighted by molar-refractivity contribution is -0.145. The highest BCUT2D eigenvalue weighted by Gasteiger charge is 2.26. The molecule has 3 aromatic rings. The maximum atomic E-state index is 14.4. The van der Waals surface area contributed by atoms with Gasteiger partial charge < -0.3 is 9.30 Å². The van der Waals surface area contributed by atoms with Crippen LogP contribution in [-0.2, 0) is 22.5 Å². The third-order valence-electron chi connectivity index (χ3n) is 4.64. The lowest BCUT2D eigenvalue weighted by atomic mass is 9.85. The Morgan fingerprint density at radius 2 is 2.00 bits per heavy atom. The zero-order chi connectivity index (χ0) is 20.3. The summed E-state index contributed by atoms with van der Waals surface area (Å²) in [5, 5.41) is 0. The van der Waals surface area contributed by atoms with Gasteiger partial charge >= 0.3 is 5.97 Å². The van der Waals surface area contributed by atoms with Gasteiger partial charge in [-0.3, -0.25) is 4.79 Å². The second kappa shape index (κ2) is 8.43. The number of rotatable bonds is 7. The van der Waals surface area contributed by atoms with Gasteiger partial charge in [-0.05, 0) is 36.6 Å². The molecule has 0 saturated carbocycles. The van der Waals surface area contributed by atoms with Gasteiger partial charge in [0, 0.05) is 16.5 Å². The number of benzene rings is 2. The first kappa shape index (κ1) is 20.5. The Hall–Kier alpha value is -2.21. The van der Waals surface area contributed by atoms with Crippen molar-refractivity contribution in [2.75, 3.05) is 6.61 Å². The van der Waals surface area contributed by atoms with Crippen LogP contribution in [0.3, 0.4) is 0 Å². The molecule has 0 aliphatic heterocycles. The summed E-state index contributed by atoms with van der Waals surface area (Å²) < 4.78 is 22.3. The smallest absolute Gasteiger partial charge is 0.306 e. The van der Waals surface area contributed by atoms with Gasteiger partial charge in [-0.2, -0.15) is 0 Å². The van der Waals surface area contributed by atoms with Gasteiger partial charge in [0.25, 0.3) is 0 Å². The summed E-state index contributed by atoms with van der Waals surface area (Å²) in [4.78, 5) is 16.7. The van der Waals surface area contributed by atoms with E-state index in [-0.39, 0.29) is 17.2 Å². The molecule has 3 rings (SSSR count). The van der Waals surface area contributed by atoms with E-state index in [2.05, 4.69) is 15.9 Å². The molecule has 0 radical (unpaired) electrons. The van der Waals surface area contributed by atoms with E-state index in [4.69, 9.17) is 9.72 Å². The number of halogens is 2. The number of nitrogens with zero attached hydrogens (tertiary/aromatic N) is 2. The fraction of sp³-hybridized carbons (Fsp3) is 0.364. The average molecular weight is 447 g/mol. The molecule has 0 spiro atoms. The third-order valence-corrected chi connectivity index (χ3v) is 5.14. The fourth-order valence-electron chi connectivity index (χ4n) is 3.35. The second-order valence-corrected chi connectivity index (χ2v) is 8.58. The van der Waals surface area contributed by atoms with Crippen LogP contribution in [0.5, 0.6) is 0 Å². The maximum absolute atomic E-state index is 14.4. The summed E-state index contributed by atoms with van der Waals surface area (Å²) >= 11 is 3.30. The van der Waals surface area contributed by atoms with Crippen molar-refractivity contribution in [3.63, 3.8) is 0 Å². The van der Waals surface area contributed by atoms with Gasteiger partial charge in [-0.25, -0.2) is 9.37 Å². The largest absolute Gasteiger partial charge is 0.466 e. The second-order valence-electron chi connectivity index (χ2n) is 7.66. The van der Waals surface area contributed by atoms with Crippen LogP contribution in [0.25, 0.3) is 11.0 Å². The van der Waals surface area contributed by atoms with Gasteiger partial charge in [-0.1, -0.05) is 48.0 Å². The van der Waals surface area contributed by atoms with Crippen LogP contribution in [0, 0.1) is 11.2 Å². The van der Waals surface area contributed by atoms with Crippen LogP contribution in [0.2, 0.25) is 0 Å². The first-order valence-corrected chi connectivity index (χ1v) is 10.1. The number of carbonyl (C=O) groups is 1. The molecule has 4 nitrogen and oxygen atoms in total. The quantitative estimate of drug-likeness (QED) is 0.449. The van der Waals surface area contributed by atoms with E-state index < -0.39 is 0 Å². The molecule has 0 bridgehead atoms. The van der Waals surface area contributed by atoms with Crippen molar-refractivity contribution < 1.29 is 13.9 Å². The summed E-state index contributed by atoms with van der Waals surface area (Å²) in [6.07, 6.45) is 0.884. The summed E-state index contributed by atoms with van der Waals surface area (Å²) in [5.41, 5.74) is 2.08. The predicted molar refractivity (Wildman–Crippen MR) is 112 cm³/mol. The first-order valence-electron chi connectivity index (χ1n) is 9.33. The Kier molecular flexibility index (Phi) is 6.18. The van der Waals surface area contributed by atoms with Crippen LogP contribution in [0.1, 0.15) is 38.6 Å². The number of imidazole rings is 1. The molecule has 0 saturated heterocycles. The molecule has 0 fully saturated rings. The maximum Gasteiger partial charge on any atom is 0.306 e. The molecule has 1 aromatic heterocycles. The summed E-state index contributed by atoms with van der Waals surface area (Å²) in [6, 6.07) is 12.9. The molecular weight excluding hydrogens is 423 g/mol. The van der Waals surface area contributed by atoms with Gasteiger partial charge in [0.1, 0.15) is 11.6 Å². The van der Waals surface area contributed by atoms with Crippen molar-refractivity contribution in [2.24, 2.45) is 5.41 Å². The van der Waals surface area contributed by atoms with E-state index in [1.807, 2.05) is 48.7 Å². The van der Waals surface area contributed by atoms with Crippen molar-refractivity contribution in [1.82, 2.24) is 9.55 Å². The minimum atomic E-state index is -0.330. The Morgan fingerprint density at radius 1 is 1.25 bits per heavy atom. The van der Waals surface area contributed by atoms with Crippen molar-refractivity contribution in [3.8, 4) is 0 Å². The topological polar surface area (TPSA) is 44.1 Å². The molecule has 28 heavy (non-hydrogen) atoms. The zero-order valence-electron chi connectivity index (χ0n) is 16.3. The fourth-order valence-corrected chi connectivity index (χ4v) is 3.68. The Labute approximate surface area is 172 Å². The van der Waals surface area contributed by atoms with E-state index >= 15 is 0 Å². The number of carbonyl (C=O) groups excluding carboxylic acids is 1. The number of hydrogen-bond acceptors (Lipinski definition) is 3. The SMILES string of the molecule is CCOC(=O)CC(C)(C)Cc1nc2ccccc2n1Cc1ccc(Br)cc1F. The first-order chi connectivity index (χ1) is 13.3. The summed E-state index contributed by atoms with van der Waals surface area (Å²) in [6.45, 7) is 6.60. The van der Waals surface area contributed by atoms with Crippen LogP contribution in [0.4, 0.5) is 4.39 Å². The number of para-hydroxylation sites is 2. The van der Waals surface area contributed by atoms with Crippen molar-refractivity contribution in [3.05, 3.63) is 64.1 Å². The lowest BCUT2D eigenvalue weighted by Gasteiger charge is -2.23. The van der Waals surface area contributed by atoms with Gasteiger partial charge in [0.15, 0.2) is 0 Å². The molecule has 2 aromatic carbocycles. The van der Waals surface area contributed by atoms with Gasteiger partial charge in [0.05, 0.1) is 30.6 Å². The molecular formula is C22H24BrFN2O2. The van der Waals surface area contributed by atoms with Crippen molar-refractivity contribution in [1.29, 1.82) is 0 Å². The Balaban J connectivity index is 1.96. The van der Waals surface area contributed by atoms with Crippen LogP contribution in [-0.4, -0.2) is 22.1 Å². The van der Waals surface area contributed by atoms with E-state index in [9.17, 15) is 9.18 Å². The third kappa shape index (κ3) is 4.79. The molecule has 0 aliphatic carbocycles. The Bertz CT molecular complexity index is 997. The lowest BCUT2D eigenvalue weighted by Crippen LogP contribution is -2.23. The highest BCUT2D eigenvalue weighted by atomic mass is 79.9. The van der Waals surface area contributed by atoms with Crippen LogP contribution >= 0.6 is 15.9 Å². The number of hydrogen-bond donors (Lipinski definition) is 0. The number of ether oxygens (including phenoxy) is 1. The van der Waals surface area contributed by atoms with Gasteiger partial charge in [-0.15, -0.1) is 0 Å². The minimum absolute atomic E-state index is 0.214. The van der Waals surface area contributed by atoms with Crippen molar-refractivity contribution >= 4 is 32.9 Å². The van der Waals surface area contributed by atoms with Gasteiger partial charge in [0.2, 0.25) is 0 Å². The Morgan fingerprint density at radius 3 is 2.71 bits per heavy atom. The number of aromatic nitrogens is 2. The summed E-state index contributed by atoms with van der Waals surface area (Å²) in [5.74, 6) is 0.357. The molecule has 6 heteroatoms. The van der Waals surface area contributed by atoms with E-state index in [1.165, 1.54) is 6.07 Å². The average Bonchev–Trinajstić information content (AvgIpc) is 2.93. The minimum Gasteiger partial charge on any atom is -0.466 e. The molecule has 148 valence electrons. The normalized spacial score (nSPS) is 11.8. The molecule has 0 amide bonds. The molecule has 0 atom stereocenters. The van der Waals surface area contributed by atoms with Crippen LogP contribution in [0.15, 0.2) is 46.9 Å². The number of fused-ring (bicyclic) bond motifs is 1. The van der Waals surface area contributed by atoms with E-state index in [0.717, 1.165) is 16.9 Å². The molecule has 0 unspecified atom stereocenters. The van der Waals surface area contributed by atoms with Crippen molar-refractivity contribution in [2.45, 2.75) is 40.2 Å². The molecule has 1 heterocycles.